The Balaban J connectivity index is 1.22. The second kappa shape index (κ2) is 14.4. The number of H-pyrrole nitrogens is 1. The number of amides is 1. The molecule has 0 saturated carbocycles. The van der Waals surface area contributed by atoms with Crippen LogP contribution >= 0.6 is 11.3 Å². The zero-order valence-electron chi connectivity index (χ0n) is 25.6. The fourth-order valence-electron chi connectivity index (χ4n) is 5.65. The topological polar surface area (TPSA) is 86.5 Å². The molecule has 0 aliphatic rings. The molecule has 44 heavy (non-hydrogen) atoms. The van der Waals surface area contributed by atoms with Crippen molar-refractivity contribution in [2.45, 2.75) is 58.6 Å². The molecule has 2 aromatic heterocycles. The zero-order chi connectivity index (χ0) is 31.1. The number of aryl methyl sites for hydroxylation is 1. The Bertz CT molecular complexity index is 1700. The van der Waals surface area contributed by atoms with Crippen molar-refractivity contribution >= 4 is 34.2 Å². The first kappa shape index (κ1) is 31.0. The number of nitrogens with one attached hydrogen (secondary N) is 1. The predicted octanol–water partition coefficient (Wildman–Crippen LogP) is 7.71. The van der Waals surface area contributed by atoms with E-state index in [4.69, 9.17) is 4.74 Å². The molecule has 2 heterocycles. The molecule has 228 valence electrons. The van der Waals surface area contributed by atoms with Crippen LogP contribution in [-0.2, 0) is 25.0 Å². The largest absolute Gasteiger partial charge is 0.489 e. The molecule has 0 unspecified atom stereocenters. The van der Waals surface area contributed by atoms with Gasteiger partial charge in [0.25, 0.3) is 11.7 Å². The fourth-order valence-corrected chi connectivity index (χ4v) is 6.63. The van der Waals surface area contributed by atoms with Gasteiger partial charge in [0.15, 0.2) is 11.0 Å². The minimum absolute atomic E-state index is 0.152. The van der Waals surface area contributed by atoms with E-state index in [1.807, 2.05) is 66.2 Å². The summed E-state index contributed by atoms with van der Waals surface area (Å²) < 4.78 is 8.01. The number of hydrogen-bond acceptors (Lipinski definition) is 4. The maximum Gasteiger partial charge on any atom is 0.323 e. The van der Waals surface area contributed by atoms with Crippen molar-refractivity contribution in [1.29, 1.82) is 0 Å². The Morgan fingerprint density at radius 3 is 2.30 bits per heavy atom. The van der Waals surface area contributed by atoms with Crippen LogP contribution in [-0.4, -0.2) is 33.4 Å². The van der Waals surface area contributed by atoms with E-state index in [0.29, 0.717) is 17.4 Å². The number of fused-ring (bicyclic) bond motifs is 1. The van der Waals surface area contributed by atoms with Gasteiger partial charge in [-0.1, -0.05) is 75.2 Å². The van der Waals surface area contributed by atoms with E-state index in [2.05, 4.69) is 43.1 Å². The number of thiophene rings is 1. The average Bonchev–Trinajstić information content (AvgIpc) is 3.65. The fraction of sp³-hybridized carbons (Fsp3) is 0.306. The number of hydrogen-bond donors (Lipinski definition) is 2. The molecule has 0 aliphatic carbocycles. The standard InChI is InChI=1S/C36H39N3O4S/c1-4-8-26(9-5-2)27-16-18-29(19-17-27)43-24-25-12-14-28(15-13-25)32-20-21-33(44-32)36(42)39(23-35(40)41)22-34-37-30-10-6-7-11-31(30)38(34)3/h6-7,10-21,26H,4-5,8-9,22-24H2,1-3H3,(H,40,41)/p+1. The molecule has 0 spiro atoms. The summed E-state index contributed by atoms with van der Waals surface area (Å²) in [5.74, 6) is 0.859. The highest BCUT2D eigenvalue weighted by atomic mass is 32.1. The molecule has 2 N–H and O–H groups in total. The van der Waals surface area contributed by atoms with Crippen molar-refractivity contribution in [2.75, 3.05) is 6.54 Å². The molecule has 5 rings (SSSR count). The highest BCUT2D eigenvalue weighted by molar-refractivity contribution is 7.17. The van der Waals surface area contributed by atoms with Crippen LogP contribution < -0.4 is 9.30 Å². The monoisotopic (exact) mass is 610 g/mol. The summed E-state index contributed by atoms with van der Waals surface area (Å²) in [6.45, 7) is 4.71. The average molecular weight is 611 g/mol. The number of benzene rings is 3. The van der Waals surface area contributed by atoms with E-state index in [1.54, 1.807) is 6.07 Å². The first-order valence-corrected chi connectivity index (χ1v) is 16.1. The molecule has 0 aliphatic heterocycles. The summed E-state index contributed by atoms with van der Waals surface area (Å²) in [4.78, 5) is 31.3. The lowest BCUT2D eigenvalue weighted by molar-refractivity contribution is -0.653. The lowest BCUT2D eigenvalue weighted by Gasteiger charge is -2.17. The Kier molecular flexibility index (Phi) is 10.1. The molecule has 0 fully saturated rings. The first-order valence-electron chi connectivity index (χ1n) is 15.2. The Labute approximate surface area is 262 Å². The van der Waals surface area contributed by atoms with Gasteiger partial charge >= 0.3 is 5.97 Å². The quantitative estimate of drug-likeness (QED) is 0.126. The van der Waals surface area contributed by atoms with Crippen molar-refractivity contribution in [1.82, 2.24) is 9.88 Å². The number of aliphatic carboxylic acids is 1. The number of imidazole rings is 1. The SMILES string of the molecule is CCCC(CCC)c1ccc(OCc2ccc(-c3ccc(C(=O)N(CC(=O)O)Cc4[nH]c5ccccc5[n+]4C)s3)cc2)cc1. The molecule has 0 bridgehead atoms. The molecule has 5 aromatic rings. The highest BCUT2D eigenvalue weighted by Crippen LogP contribution is 2.30. The van der Waals surface area contributed by atoms with Crippen molar-refractivity contribution in [3.8, 4) is 16.2 Å². The van der Waals surface area contributed by atoms with E-state index in [0.717, 1.165) is 38.6 Å². The number of rotatable bonds is 14. The van der Waals surface area contributed by atoms with Crippen LogP contribution in [0, 0.1) is 0 Å². The summed E-state index contributed by atoms with van der Waals surface area (Å²) in [5, 5.41) is 9.55. The second-order valence-corrected chi connectivity index (χ2v) is 12.3. The number of carbonyl (C=O) groups is 2. The maximum atomic E-state index is 13.5. The lowest BCUT2D eigenvalue weighted by Crippen LogP contribution is -2.40. The number of carbonyl (C=O) groups excluding carboxylic acids is 1. The minimum atomic E-state index is -1.06. The van der Waals surface area contributed by atoms with Crippen LogP contribution in [0.5, 0.6) is 5.75 Å². The Morgan fingerprint density at radius 2 is 1.64 bits per heavy atom. The minimum Gasteiger partial charge on any atom is -0.489 e. The molecule has 0 radical (unpaired) electrons. The molecular formula is C36H40N3O4S+. The smallest absolute Gasteiger partial charge is 0.323 e. The van der Waals surface area contributed by atoms with Gasteiger partial charge in [0.1, 0.15) is 25.4 Å². The van der Waals surface area contributed by atoms with Gasteiger partial charge in [-0.3, -0.25) is 9.59 Å². The van der Waals surface area contributed by atoms with Crippen molar-refractivity contribution in [3.05, 3.63) is 107 Å². The third-order valence-electron chi connectivity index (χ3n) is 7.99. The van der Waals surface area contributed by atoms with Gasteiger partial charge in [0, 0.05) is 4.88 Å². The molecular weight excluding hydrogens is 570 g/mol. The number of para-hydroxylation sites is 2. The maximum absolute atomic E-state index is 13.5. The van der Waals surface area contributed by atoms with Gasteiger partial charge < -0.3 is 14.7 Å². The van der Waals surface area contributed by atoms with Crippen molar-refractivity contribution < 1.29 is 24.0 Å². The van der Waals surface area contributed by atoms with E-state index >= 15 is 0 Å². The second-order valence-electron chi connectivity index (χ2n) is 11.2. The number of carboxylic acids is 1. The van der Waals surface area contributed by atoms with Gasteiger partial charge in [-0.15, -0.1) is 11.3 Å². The summed E-state index contributed by atoms with van der Waals surface area (Å²) in [5.41, 5.74) is 5.35. The van der Waals surface area contributed by atoms with Crippen molar-refractivity contribution in [2.24, 2.45) is 7.05 Å². The Morgan fingerprint density at radius 1 is 0.932 bits per heavy atom. The van der Waals surface area contributed by atoms with Gasteiger partial charge in [-0.2, -0.15) is 0 Å². The first-order chi connectivity index (χ1) is 21.4. The number of aromatic nitrogens is 2. The number of aromatic amines is 1. The number of ether oxygens (including phenoxy) is 1. The van der Waals surface area contributed by atoms with Crippen LogP contribution in [0.3, 0.4) is 0 Å². The molecule has 8 heteroatoms. The van der Waals surface area contributed by atoms with E-state index in [-0.39, 0.29) is 12.5 Å². The van der Waals surface area contributed by atoms with Crippen LogP contribution in [0.15, 0.2) is 84.9 Å². The van der Waals surface area contributed by atoms with Gasteiger partial charge in [0.05, 0.1) is 11.9 Å². The van der Waals surface area contributed by atoms with Crippen LogP contribution in [0.2, 0.25) is 0 Å². The highest BCUT2D eigenvalue weighted by Gasteiger charge is 2.26. The Hall–Kier alpha value is -4.43. The van der Waals surface area contributed by atoms with E-state index < -0.39 is 12.5 Å². The molecule has 3 aromatic carbocycles. The van der Waals surface area contributed by atoms with E-state index in [9.17, 15) is 14.7 Å². The molecule has 7 nitrogen and oxygen atoms in total. The van der Waals surface area contributed by atoms with Gasteiger partial charge in [0.2, 0.25) is 0 Å². The third-order valence-corrected chi connectivity index (χ3v) is 9.11. The summed E-state index contributed by atoms with van der Waals surface area (Å²) in [7, 11) is 1.91. The lowest BCUT2D eigenvalue weighted by atomic mass is 9.90. The normalized spacial score (nSPS) is 11.3. The molecule has 1 amide bonds. The predicted molar refractivity (Wildman–Crippen MR) is 175 cm³/mol. The molecule has 0 saturated heterocycles. The van der Waals surface area contributed by atoms with Crippen LogP contribution in [0.1, 0.15) is 72.1 Å². The number of nitrogens with zero attached hydrogens (tertiary/aromatic N) is 2. The van der Waals surface area contributed by atoms with Crippen LogP contribution in [0.4, 0.5) is 0 Å². The summed E-state index contributed by atoms with van der Waals surface area (Å²) in [6.07, 6.45) is 4.81. The third kappa shape index (κ3) is 7.37. The zero-order valence-corrected chi connectivity index (χ0v) is 26.4. The van der Waals surface area contributed by atoms with Gasteiger partial charge in [-0.25, -0.2) is 9.55 Å². The van der Waals surface area contributed by atoms with E-state index in [1.165, 1.54) is 47.5 Å². The van der Waals surface area contributed by atoms with Gasteiger partial charge in [-0.05, 0) is 71.8 Å². The number of carboxylic acid groups (broad SMARTS) is 1. The summed E-state index contributed by atoms with van der Waals surface area (Å²) >= 11 is 1.36. The molecule has 0 atom stereocenters. The van der Waals surface area contributed by atoms with Crippen molar-refractivity contribution in [3.63, 3.8) is 0 Å². The van der Waals surface area contributed by atoms with Crippen LogP contribution in [0.25, 0.3) is 21.5 Å². The summed E-state index contributed by atoms with van der Waals surface area (Å²) in [6, 6.07) is 28.2.